The third kappa shape index (κ3) is 6.22. The van der Waals surface area contributed by atoms with Gasteiger partial charge < -0.3 is 9.64 Å². The van der Waals surface area contributed by atoms with Crippen LogP contribution in [0.25, 0.3) is 0 Å². The van der Waals surface area contributed by atoms with Crippen molar-refractivity contribution >= 4 is 6.09 Å². The van der Waals surface area contributed by atoms with Crippen molar-refractivity contribution in [2.24, 2.45) is 0 Å². The minimum atomic E-state index is -0.160. The van der Waals surface area contributed by atoms with Crippen molar-refractivity contribution in [3.05, 3.63) is 48.6 Å². The Morgan fingerprint density at radius 3 is 2.60 bits per heavy atom. The molecule has 1 aliphatic heterocycles. The lowest BCUT2D eigenvalue weighted by Crippen LogP contribution is -2.41. The first-order valence-electron chi connectivity index (χ1n) is 9.86. The molecule has 0 bridgehead atoms. The van der Waals surface area contributed by atoms with Crippen molar-refractivity contribution in [3.8, 4) is 0 Å². The fourth-order valence-corrected chi connectivity index (χ4v) is 3.74. The summed E-state index contributed by atoms with van der Waals surface area (Å²) in [5.74, 6) is 0. The molecule has 2 atom stereocenters. The van der Waals surface area contributed by atoms with E-state index in [0.29, 0.717) is 12.6 Å². The molecule has 3 nitrogen and oxygen atoms in total. The SMILES string of the molecule is C=CC[C@@H]1CC[C@@H](CCCCCCC)N1C(=O)OCc1ccccc1. The van der Waals surface area contributed by atoms with E-state index in [0.717, 1.165) is 31.2 Å². The van der Waals surface area contributed by atoms with E-state index in [2.05, 4.69) is 13.5 Å². The summed E-state index contributed by atoms with van der Waals surface area (Å²) < 4.78 is 5.62. The summed E-state index contributed by atoms with van der Waals surface area (Å²) >= 11 is 0. The van der Waals surface area contributed by atoms with Gasteiger partial charge in [0.15, 0.2) is 0 Å². The zero-order chi connectivity index (χ0) is 17.9. The molecular formula is C22H33NO2. The maximum atomic E-state index is 12.7. The van der Waals surface area contributed by atoms with Crippen LogP contribution in [-0.4, -0.2) is 23.1 Å². The van der Waals surface area contributed by atoms with Gasteiger partial charge in [-0.25, -0.2) is 4.79 Å². The largest absolute Gasteiger partial charge is 0.445 e. The highest BCUT2D eigenvalue weighted by atomic mass is 16.6. The number of likely N-dealkylation sites (tertiary alicyclic amines) is 1. The molecule has 1 fully saturated rings. The number of amides is 1. The molecular weight excluding hydrogens is 310 g/mol. The van der Waals surface area contributed by atoms with E-state index in [1.807, 2.05) is 41.3 Å². The van der Waals surface area contributed by atoms with Crippen molar-refractivity contribution < 1.29 is 9.53 Å². The zero-order valence-electron chi connectivity index (χ0n) is 15.7. The Hall–Kier alpha value is -1.77. The fraction of sp³-hybridized carbons (Fsp3) is 0.591. The second kappa shape index (κ2) is 11.0. The van der Waals surface area contributed by atoms with Gasteiger partial charge in [-0.2, -0.15) is 0 Å². The van der Waals surface area contributed by atoms with Gasteiger partial charge in [-0.05, 0) is 31.2 Å². The summed E-state index contributed by atoms with van der Waals surface area (Å²) in [6.45, 7) is 6.44. The van der Waals surface area contributed by atoms with Crippen LogP contribution in [0.5, 0.6) is 0 Å². The predicted octanol–water partition coefficient (Wildman–Crippen LogP) is 6.09. The summed E-state index contributed by atoms with van der Waals surface area (Å²) in [5.41, 5.74) is 1.03. The van der Waals surface area contributed by atoms with Gasteiger partial charge in [0.25, 0.3) is 0 Å². The molecule has 1 aromatic rings. The van der Waals surface area contributed by atoms with Gasteiger partial charge in [0.05, 0.1) is 0 Å². The lowest BCUT2D eigenvalue weighted by Gasteiger charge is -2.29. The van der Waals surface area contributed by atoms with E-state index >= 15 is 0 Å². The lowest BCUT2D eigenvalue weighted by molar-refractivity contribution is 0.0766. The van der Waals surface area contributed by atoms with Crippen molar-refractivity contribution in [3.63, 3.8) is 0 Å². The molecule has 1 heterocycles. The van der Waals surface area contributed by atoms with E-state index in [1.54, 1.807) is 0 Å². The van der Waals surface area contributed by atoms with E-state index in [1.165, 1.54) is 32.1 Å². The lowest BCUT2D eigenvalue weighted by atomic mass is 10.0. The summed E-state index contributed by atoms with van der Waals surface area (Å²) in [5, 5.41) is 0. The standard InChI is InChI=1S/C22H33NO2/c1-3-5-6-7-11-15-21-17-16-20(12-4-2)23(21)22(24)25-18-19-13-9-8-10-14-19/h4,8-10,13-14,20-21H,2-3,5-7,11-12,15-18H2,1H3/t20-,21-/m1/s1. The molecule has 0 aliphatic carbocycles. The summed E-state index contributed by atoms with van der Waals surface area (Å²) in [7, 11) is 0. The van der Waals surface area contributed by atoms with Crippen molar-refractivity contribution in [2.45, 2.75) is 83.4 Å². The monoisotopic (exact) mass is 343 g/mol. The van der Waals surface area contributed by atoms with E-state index in [9.17, 15) is 4.79 Å². The number of benzene rings is 1. The van der Waals surface area contributed by atoms with Gasteiger partial charge in [0.2, 0.25) is 0 Å². The molecule has 0 saturated carbocycles. The maximum Gasteiger partial charge on any atom is 0.410 e. The summed E-state index contributed by atoms with van der Waals surface area (Å²) in [6.07, 6.45) is 12.2. The number of unbranched alkanes of at least 4 members (excludes halogenated alkanes) is 4. The van der Waals surface area contributed by atoms with Gasteiger partial charge >= 0.3 is 6.09 Å². The molecule has 1 amide bonds. The predicted molar refractivity (Wildman–Crippen MR) is 103 cm³/mol. The molecule has 3 heteroatoms. The van der Waals surface area contributed by atoms with Crippen LogP contribution >= 0.6 is 0 Å². The molecule has 138 valence electrons. The first-order valence-corrected chi connectivity index (χ1v) is 9.86. The van der Waals surface area contributed by atoms with Crippen LogP contribution in [0, 0.1) is 0 Å². The smallest absolute Gasteiger partial charge is 0.410 e. The second-order valence-corrected chi connectivity index (χ2v) is 7.06. The van der Waals surface area contributed by atoms with Gasteiger partial charge in [0, 0.05) is 12.1 Å². The summed E-state index contributed by atoms with van der Waals surface area (Å²) in [4.78, 5) is 14.7. The van der Waals surface area contributed by atoms with Crippen LogP contribution < -0.4 is 0 Å². The molecule has 1 aromatic carbocycles. The molecule has 1 saturated heterocycles. The first-order chi connectivity index (χ1) is 12.3. The molecule has 25 heavy (non-hydrogen) atoms. The highest BCUT2D eigenvalue weighted by Gasteiger charge is 2.36. The zero-order valence-corrected chi connectivity index (χ0v) is 15.7. The van der Waals surface area contributed by atoms with Gasteiger partial charge in [-0.15, -0.1) is 6.58 Å². The molecule has 0 spiro atoms. The Labute approximate surface area is 153 Å². The molecule has 1 aliphatic rings. The van der Waals surface area contributed by atoms with Crippen molar-refractivity contribution in [1.82, 2.24) is 4.90 Å². The van der Waals surface area contributed by atoms with Crippen LogP contribution in [0.2, 0.25) is 0 Å². The Morgan fingerprint density at radius 1 is 1.16 bits per heavy atom. The minimum absolute atomic E-state index is 0.160. The Morgan fingerprint density at radius 2 is 1.88 bits per heavy atom. The van der Waals surface area contributed by atoms with Gasteiger partial charge in [0.1, 0.15) is 6.61 Å². The number of carbonyl (C=O) groups excluding carboxylic acids is 1. The minimum Gasteiger partial charge on any atom is -0.445 e. The molecule has 0 unspecified atom stereocenters. The van der Waals surface area contributed by atoms with Crippen LogP contribution in [0.1, 0.15) is 70.3 Å². The molecule has 2 rings (SSSR count). The van der Waals surface area contributed by atoms with Crippen LogP contribution in [-0.2, 0) is 11.3 Å². The van der Waals surface area contributed by atoms with E-state index in [4.69, 9.17) is 4.74 Å². The topological polar surface area (TPSA) is 29.5 Å². The van der Waals surface area contributed by atoms with Gasteiger partial charge in [-0.3, -0.25) is 0 Å². The van der Waals surface area contributed by atoms with Crippen molar-refractivity contribution in [2.75, 3.05) is 0 Å². The number of ether oxygens (including phenoxy) is 1. The normalized spacial score (nSPS) is 19.8. The summed E-state index contributed by atoms with van der Waals surface area (Å²) in [6, 6.07) is 10.5. The van der Waals surface area contributed by atoms with Crippen LogP contribution in [0.3, 0.4) is 0 Å². The van der Waals surface area contributed by atoms with Gasteiger partial charge in [-0.1, -0.05) is 75.4 Å². The number of nitrogens with zero attached hydrogens (tertiary/aromatic N) is 1. The quantitative estimate of drug-likeness (QED) is 0.380. The molecule has 0 aromatic heterocycles. The van der Waals surface area contributed by atoms with Crippen LogP contribution in [0.4, 0.5) is 4.79 Å². The maximum absolute atomic E-state index is 12.7. The number of hydrogen-bond acceptors (Lipinski definition) is 2. The average molecular weight is 344 g/mol. The third-order valence-corrected chi connectivity index (χ3v) is 5.12. The number of rotatable bonds is 10. The first kappa shape index (κ1) is 19.6. The number of carbonyl (C=O) groups is 1. The van der Waals surface area contributed by atoms with Crippen LogP contribution in [0.15, 0.2) is 43.0 Å². The van der Waals surface area contributed by atoms with Crippen molar-refractivity contribution in [1.29, 1.82) is 0 Å². The Kier molecular flexibility index (Phi) is 8.58. The highest BCUT2D eigenvalue weighted by Crippen LogP contribution is 2.31. The number of hydrogen-bond donors (Lipinski definition) is 0. The third-order valence-electron chi connectivity index (χ3n) is 5.12. The average Bonchev–Trinajstić information content (AvgIpc) is 3.03. The Bertz CT molecular complexity index is 514. The van der Waals surface area contributed by atoms with E-state index in [-0.39, 0.29) is 12.1 Å². The fourth-order valence-electron chi connectivity index (χ4n) is 3.74. The molecule has 0 radical (unpaired) electrons. The molecule has 0 N–H and O–H groups in total. The van der Waals surface area contributed by atoms with E-state index < -0.39 is 0 Å². The second-order valence-electron chi connectivity index (χ2n) is 7.06. The Balaban J connectivity index is 1.88. The highest BCUT2D eigenvalue weighted by molar-refractivity contribution is 5.69.